The van der Waals surface area contributed by atoms with Crippen LogP contribution in [0.5, 0.6) is 0 Å². The Morgan fingerprint density at radius 2 is 2.06 bits per heavy atom. The molecule has 1 aliphatic carbocycles. The normalized spacial score (nSPS) is 26.1. The fourth-order valence-corrected chi connectivity index (χ4v) is 2.36. The van der Waals surface area contributed by atoms with Gasteiger partial charge in [0.1, 0.15) is 5.69 Å². The van der Waals surface area contributed by atoms with Gasteiger partial charge < -0.3 is 5.11 Å². The van der Waals surface area contributed by atoms with E-state index >= 15 is 0 Å². The van der Waals surface area contributed by atoms with Gasteiger partial charge in [-0.3, -0.25) is 9.89 Å². The summed E-state index contributed by atoms with van der Waals surface area (Å²) in [5, 5.41) is 12.3. The molecular weight excluding hydrogens is 230 g/mol. The summed E-state index contributed by atoms with van der Waals surface area (Å²) in [6.07, 6.45) is 0.743. The summed E-state index contributed by atoms with van der Waals surface area (Å²) < 4.78 is 26.1. The minimum atomic E-state index is -2.69. The second-order valence-electron chi connectivity index (χ2n) is 4.49. The maximum Gasteiger partial charge on any atom is 0.279 e. The Bertz CT molecular complexity index is 427. The van der Waals surface area contributed by atoms with E-state index in [0.717, 1.165) is 30.0 Å². The van der Waals surface area contributed by atoms with Crippen molar-refractivity contribution in [3.8, 4) is 0 Å². The maximum atomic E-state index is 12.5. The molecule has 0 aliphatic heterocycles. The lowest BCUT2D eigenvalue weighted by Gasteiger charge is -2.20. The fraction of sp³-hybridized carbons (Fsp3) is 0.727. The number of nitrogens with zero attached hydrogens (tertiary/aromatic N) is 1. The molecule has 0 amide bonds. The topological polar surface area (TPSA) is 58.0 Å². The van der Waals surface area contributed by atoms with Crippen molar-refractivity contribution in [1.82, 2.24) is 9.78 Å². The second-order valence-corrected chi connectivity index (χ2v) is 4.49. The smallest absolute Gasteiger partial charge is 0.279 e. The molecule has 1 aliphatic rings. The maximum absolute atomic E-state index is 12.5. The van der Waals surface area contributed by atoms with Crippen LogP contribution in [0, 0.1) is 0 Å². The minimum absolute atomic E-state index is 0.383. The number of aliphatic hydroxyl groups excluding tert-OH is 1. The quantitative estimate of drug-likeness (QED) is 0.784. The van der Waals surface area contributed by atoms with E-state index in [1.54, 1.807) is 0 Å². The van der Waals surface area contributed by atoms with Crippen molar-refractivity contribution in [1.29, 1.82) is 0 Å². The van der Waals surface area contributed by atoms with Gasteiger partial charge in [0.2, 0.25) is 0 Å². The molecule has 0 radical (unpaired) electrons. The molecule has 1 fully saturated rings. The number of hydrogen-bond donors (Lipinski definition) is 2. The average molecular weight is 246 g/mol. The fourth-order valence-electron chi connectivity index (χ4n) is 2.36. The Labute approximate surface area is 97.2 Å². The van der Waals surface area contributed by atoms with Crippen molar-refractivity contribution in [2.45, 2.75) is 50.7 Å². The van der Waals surface area contributed by atoms with E-state index in [4.69, 9.17) is 0 Å². The first-order chi connectivity index (χ1) is 8.09. The van der Waals surface area contributed by atoms with E-state index < -0.39 is 24.1 Å². The predicted octanol–water partition coefficient (Wildman–Crippen LogP) is 1.98. The van der Waals surface area contributed by atoms with Gasteiger partial charge in [0.05, 0.1) is 12.1 Å². The van der Waals surface area contributed by atoms with Gasteiger partial charge in [-0.15, -0.1) is 0 Å². The molecule has 0 aromatic carbocycles. The van der Waals surface area contributed by atoms with Crippen molar-refractivity contribution in [2.24, 2.45) is 0 Å². The molecule has 1 aromatic rings. The molecule has 17 heavy (non-hydrogen) atoms. The zero-order chi connectivity index (χ0) is 12.4. The molecule has 96 valence electrons. The Morgan fingerprint density at radius 1 is 1.35 bits per heavy atom. The average Bonchev–Trinajstić information content (AvgIpc) is 2.53. The predicted molar refractivity (Wildman–Crippen MR) is 58.1 cm³/mol. The number of H-pyrrole nitrogens is 1. The van der Waals surface area contributed by atoms with Crippen molar-refractivity contribution in [2.75, 3.05) is 0 Å². The Hall–Kier alpha value is -1.17. The Kier molecular flexibility index (Phi) is 3.61. The first kappa shape index (κ1) is 12.3. The number of aromatic amines is 1. The van der Waals surface area contributed by atoms with E-state index in [1.165, 1.54) is 0 Å². The molecule has 1 saturated carbocycles. The molecule has 2 atom stereocenters. The number of aromatic nitrogens is 2. The number of halogens is 2. The van der Waals surface area contributed by atoms with Crippen LogP contribution in [-0.4, -0.2) is 21.0 Å². The van der Waals surface area contributed by atoms with Crippen LogP contribution in [-0.2, 0) is 0 Å². The van der Waals surface area contributed by atoms with Crippen LogP contribution in [0.1, 0.15) is 50.3 Å². The lowest BCUT2D eigenvalue weighted by atomic mass is 10.1. The van der Waals surface area contributed by atoms with E-state index in [1.807, 2.05) is 0 Å². The van der Waals surface area contributed by atoms with Crippen LogP contribution in [0.2, 0.25) is 0 Å². The summed E-state index contributed by atoms with van der Waals surface area (Å²) in [4.78, 5) is 11.6. The number of nitrogens with one attached hydrogen (secondary N) is 1. The van der Waals surface area contributed by atoms with Crippen molar-refractivity contribution in [3.63, 3.8) is 0 Å². The molecule has 6 heteroatoms. The molecule has 2 unspecified atom stereocenters. The standard InChI is InChI=1S/C11H16F2N2O2/c12-11(13)7-6-10(17)15(14-7)8-4-2-1-3-5-9(8)16/h6,8-9,11,14,16H,1-5H2. The van der Waals surface area contributed by atoms with Crippen LogP contribution in [0.3, 0.4) is 0 Å². The molecule has 2 rings (SSSR count). The van der Waals surface area contributed by atoms with E-state index in [2.05, 4.69) is 5.10 Å². The number of hydrogen-bond acceptors (Lipinski definition) is 2. The van der Waals surface area contributed by atoms with Gasteiger partial charge in [0, 0.05) is 6.07 Å². The largest absolute Gasteiger partial charge is 0.391 e. The number of rotatable bonds is 2. The first-order valence-electron chi connectivity index (χ1n) is 5.87. The molecule has 0 spiro atoms. The Balaban J connectivity index is 2.28. The van der Waals surface area contributed by atoms with Crippen LogP contribution in [0.4, 0.5) is 8.78 Å². The third kappa shape index (κ3) is 2.57. The van der Waals surface area contributed by atoms with Crippen molar-refractivity contribution in [3.05, 3.63) is 22.1 Å². The molecule has 0 saturated heterocycles. The highest BCUT2D eigenvalue weighted by molar-refractivity contribution is 5.02. The molecular formula is C11H16F2N2O2. The summed E-state index contributed by atoms with van der Waals surface area (Å²) >= 11 is 0. The molecule has 1 aromatic heterocycles. The zero-order valence-corrected chi connectivity index (χ0v) is 9.40. The monoisotopic (exact) mass is 246 g/mol. The molecule has 4 nitrogen and oxygen atoms in total. The number of aliphatic hydroxyl groups is 1. The van der Waals surface area contributed by atoms with Crippen molar-refractivity contribution >= 4 is 0 Å². The van der Waals surface area contributed by atoms with Crippen LogP contribution < -0.4 is 5.56 Å². The second kappa shape index (κ2) is 5.00. The first-order valence-corrected chi connectivity index (χ1v) is 5.87. The summed E-state index contributed by atoms with van der Waals surface area (Å²) in [5.74, 6) is 0. The highest BCUT2D eigenvalue weighted by atomic mass is 19.3. The summed E-state index contributed by atoms with van der Waals surface area (Å²) in [5.41, 5.74) is -0.877. The van der Waals surface area contributed by atoms with Gasteiger partial charge in [-0.2, -0.15) is 0 Å². The van der Waals surface area contributed by atoms with Gasteiger partial charge in [-0.1, -0.05) is 19.3 Å². The van der Waals surface area contributed by atoms with Gasteiger partial charge >= 0.3 is 0 Å². The lowest BCUT2D eigenvalue weighted by molar-refractivity contribution is 0.0946. The molecule has 1 heterocycles. The highest BCUT2D eigenvalue weighted by Crippen LogP contribution is 2.26. The molecule has 0 bridgehead atoms. The summed E-state index contributed by atoms with van der Waals surface area (Å²) in [6, 6.07) is 0.500. The zero-order valence-electron chi connectivity index (χ0n) is 9.40. The van der Waals surface area contributed by atoms with E-state index in [9.17, 15) is 18.7 Å². The number of alkyl halides is 2. The SMILES string of the molecule is O=c1cc(C(F)F)[nH]n1C1CCCCCC1O. The van der Waals surface area contributed by atoms with E-state index in [-0.39, 0.29) is 5.69 Å². The third-order valence-corrected chi connectivity index (χ3v) is 3.28. The van der Waals surface area contributed by atoms with Crippen LogP contribution in [0.15, 0.2) is 10.9 Å². The van der Waals surface area contributed by atoms with Crippen molar-refractivity contribution < 1.29 is 13.9 Å². The lowest BCUT2D eigenvalue weighted by Crippen LogP contribution is -2.30. The highest BCUT2D eigenvalue weighted by Gasteiger charge is 2.26. The van der Waals surface area contributed by atoms with Crippen LogP contribution >= 0.6 is 0 Å². The summed E-state index contributed by atoms with van der Waals surface area (Å²) in [7, 11) is 0. The van der Waals surface area contributed by atoms with Gasteiger partial charge in [-0.05, 0) is 12.8 Å². The third-order valence-electron chi connectivity index (χ3n) is 3.28. The van der Waals surface area contributed by atoms with E-state index in [0.29, 0.717) is 12.8 Å². The molecule has 2 N–H and O–H groups in total. The van der Waals surface area contributed by atoms with Gasteiger partial charge in [-0.25, -0.2) is 13.5 Å². The Morgan fingerprint density at radius 3 is 2.71 bits per heavy atom. The van der Waals surface area contributed by atoms with Gasteiger partial charge in [0.25, 0.3) is 12.0 Å². The van der Waals surface area contributed by atoms with Crippen LogP contribution in [0.25, 0.3) is 0 Å². The van der Waals surface area contributed by atoms with Gasteiger partial charge in [0.15, 0.2) is 0 Å². The summed E-state index contributed by atoms with van der Waals surface area (Å²) in [6.45, 7) is 0. The minimum Gasteiger partial charge on any atom is -0.391 e.